The van der Waals surface area contributed by atoms with Gasteiger partial charge < -0.3 is 10.1 Å². The molecule has 6 heteroatoms. The molecule has 2 atom stereocenters. The number of hydrogen-bond donors (Lipinski definition) is 1. The van der Waals surface area contributed by atoms with Crippen LogP contribution in [0.1, 0.15) is 41.3 Å². The maximum Gasteiger partial charge on any atom is 0.416 e. The van der Waals surface area contributed by atoms with E-state index in [0.717, 1.165) is 59.1 Å². The monoisotopic (exact) mass is 515 g/mol. The van der Waals surface area contributed by atoms with Crippen molar-refractivity contribution < 1.29 is 22.7 Å². The van der Waals surface area contributed by atoms with Crippen molar-refractivity contribution >= 4 is 16.7 Å². The molecule has 0 amide bonds. The lowest BCUT2D eigenvalue weighted by Gasteiger charge is -2.23. The second kappa shape index (κ2) is 9.28. The topological polar surface area (TPSA) is 38.3 Å². The molecule has 2 aliphatic rings. The minimum atomic E-state index is -4.38. The summed E-state index contributed by atoms with van der Waals surface area (Å²) in [6.07, 6.45) is -1.99. The summed E-state index contributed by atoms with van der Waals surface area (Å²) in [7, 11) is 0. The minimum Gasteiger partial charge on any atom is -0.462 e. The number of halogens is 3. The third-order valence-electron chi connectivity index (χ3n) is 8.15. The van der Waals surface area contributed by atoms with Crippen LogP contribution >= 0.6 is 0 Å². The first kappa shape index (κ1) is 24.7. The highest BCUT2D eigenvalue weighted by molar-refractivity contribution is 6.04. The first-order valence-corrected chi connectivity index (χ1v) is 13.0. The van der Waals surface area contributed by atoms with Crippen LogP contribution in [0.25, 0.3) is 33.0 Å². The summed E-state index contributed by atoms with van der Waals surface area (Å²) in [5.74, 6) is 0.306. The Bertz CT molecular complexity index is 1510. The Hall–Kier alpha value is -3.64. The SMILES string of the molecule is CCOC(=O)c1cc(-c2ccc(C34CCNCC3C4)cc2)c2ccc(-c3ccc(C(F)(F)F)cc3)cc2c1. The molecule has 194 valence electrons. The second-order valence-corrected chi connectivity index (χ2v) is 10.3. The van der Waals surface area contributed by atoms with E-state index in [2.05, 4.69) is 29.6 Å². The third-order valence-corrected chi connectivity index (χ3v) is 8.15. The molecule has 0 radical (unpaired) electrons. The molecule has 1 saturated carbocycles. The van der Waals surface area contributed by atoms with E-state index >= 15 is 0 Å². The van der Waals surface area contributed by atoms with Crippen LogP contribution in [-0.4, -0.2) is 25.7 Å². The van der Waals surface area contributed by atoms with Gasteiger partial charge in [0, 0.05) is 5.41 Å². The number of alkyl halides is 3. The summed E-state index contributed by atoms with van der Waals surface area (Å²) >= 11 is 0. The maximum absolute atomic E-state index is 13.0. The zero-order chi connectivity index (χ0) is 26.5. The number of hydrogen-bond acceptors (Lipinski definition) is 3. The van der Waals surface area contributed by atoms with Crippen molar-refractivity contribution in [2.75, 3.05) is 19.7 Å². The van der Waals surface area contributed by atoms with E-state index in [1.165, 1.54) is 24.1 Å². The van der Waals surface area contributed by atoms with Crippen molar-refractivity contribution in [2.45, 2.75) is 31.4 Å². The number of nitrogens with one attached hydrogen (secondary N) is 1. The molecule has 2 unspecified atom stereocenters. The largest absolute Gasteiger partial charge is 0.462 e. The highest BCUT2D eigenvalue weighted by atomic mass is 19.4. The van der Waals surface area contributed by atoms with Gasteiger partial charge >= 0.3 is 12.1 Å². The van der Waals surface area contributed by atoms with Crippen molar-refractivity contribution in [3.63, 3.8) is 0 Å². The normalized spacial score (nSPS) is 20.7. The zero-order valence-electron chi connectivity index (χ0n) is 21.1. The second-order valence-electron chi connectivity index (χ2n) is 10.3. The van der Waals surface area contributed by atoms with Crippen LogP contribution in [0.2, 0.25) is 0 Å². The smallest absolute Gasteiger partial charge is 0.416 e. The van der Waals surface area contributed by atoms with Crippen molar-refractivity contribution in [1.82, 2.24) is 5.32 Å². The number of carbonyl (C=O) groups is 1. The van der Waals surface area contributed by atoms with Gasteiger partial charge in [-0.05, 0) is 108 Å². The Morgan fingerprint density at radius 1 is 0.947 bits per heavy atom. The number of fused-ring (bicyclic) bond motifs is 2. The van der Waals surface area contributed by atoms with Crippen LogP contribution in [0.15, 0.2) is 78.9 Å². The average molecular weight is 516 g/mol. The van der Waals surface area contributed by atoms with E-state index in [1.807, 2.05) is 24.3 Å². The molecule has 0 bridgehead atoms. The predicted molar refractivity (Wildman–Crippen MR) is 143 cm³/mol. The Morgan fingerprint density at radius 3 is 2.34 bits per heavy atom. The molecule has 1 aliphatic heterocycles. The van der Waals surface area contributed by atoms with Gasteiger partial charge in [-0.3, -0.25) is 0 Å². The van der Waals surface area contributed by atoms with Crippen molar-refractivity contribution in [3.8, 4) is 22.3 Å². The minimum absolute atomic E-state index is 0.268. The van der Waals surface area contributed by atoms with Crippen LogP contribution in [0.4, 0.5) is 13.2 Å². The molecule has 4 aromatic carbocycles. The third kappa shape index (κ3) is 4.37. The van der Waals surface area contributed by atoms with E-state index in [-0.39, 0.29) is 6.61 Å². The molecule has 0 aromatic heterocycles. The van der Waals surface area contributed by atoms with Gasteiger partial charge in [0.1, 0.15) is 0 Å². The highest BCUT2D eigenvalue weighted by Gasteiger charge is 2.55. The molecular formula is C32H28F3NO2. The molecule has 4 aromatic rings. The lowest BCUT2D eigenvalue weighted by atomic mass is 9.86. The van der Waals surface area contributed by atoms with Crippen LogP contribution < -0.4 is 5.32 Å². The number of benzene rings is 4. The van der Waals surface area contributed by atoms with Gasteiger partial charge in [-0.1, -0.05) is 48.5 Å². The first-order chi connectivity index (χ1) is 18.3. The highest BCUT2D eigenvalue weighted by Crippen LogP contribution is 2.57. The van der Waals surface area contributed by atoms with Crippen molar-refractivity contribution in [1.29, 1.82) is 0 Å². The lowest BCUT2D eigenvalue weighted by molar-refractivity contribution is -0.137. The molecule has 1 N–H and O–H groups in total. The summed E-state index contributed by atoms with van der Waals surface area (Å²) in [5, 5.41) is 5.28. The van der Waals surface area contributed by atoms with Gasteiger partial charge in [0.25, 0.3) is 0 Å². The van der Waals surface area contributed by atoms with Gasteiger partial charge in [0.05, 0.1) is 17.7 Å². The van der Waals surface area contributed by atoms with Crippen molar-refractivity contribution in [2.24, 2.45) is 5.92 Å². The molecule has 1 saturated heterocycles. The molecular weight excluding hydrogens is 487 g/mol. The van der Waals surface area contributed by atoms with E-state index in [9.17, 15) is 18.0 Å². The van der Waals surface area contributed by atoms with E-state index < -0.39 is 17.7 Å². The molecule has 0 spiro atoms. The molecule has 2 fully saturated rings. The molecule has 1 heterocycles. The fourth-order valence-electron chi connectivity index (χ4n) is 5.99. The van der Waals surface area contributed by atoms with E-state index in [4.69, 9.17) is 4.74 Å². The standard InChI is InChI=1S/C32H28F3NO2/c1-2-38-30(37)24-16-23-15-22(20-3-10-26(11-4-20)32(33,34)35)7-12-28(23)29(17-24)21-5-8-25(9-6-21)31-13-14-36-19-27(31)18-31/h3-12,15-17,27,36H,2,13-14,18-19H2,1H3. The Labute approximate surface area is 219 Å². The first-order valence-electron chi connectivity index (χ1n) is 13.0. The van der Waals surface area contributed by atoms with Gasteiger partial charge in [-0.15, -0.1) is 0 Å². The molecule has 6 rings (SSSR count). The van der Waals surface area contributed by atoms with E-state index in [1.54, 1.807) is 13.0 Å². The quantitative estimate of drug-likeness (QED) is 0.278. The number of rotatable bonds is 5. The number of esters is 1. The fraction of sp³-hybridized carbons (Fsp3) is 0.281. The summed E-state index contributed by atoms with van der Waals surface area (Å²) in [6, 6.07) is 23.3. The van der Waals surface area contributed by atoms with Gasteiger partial charge in [0.15, 0.2) is 0 Å². The van der Waals surface area contributed by atoms with Crippen LogP contribution in [0, 0.1) is 5.92 Å². The van der Waals surface area contributed by atoms with Crippen LogP contribution in [-0.2, 0) is 16.3 Å². The number of piperidine rings is 1. The Kier molecular flexibility index (Phi) is 6.03. The predicted octanol–water partition coefficient (Wildman–Crippen LogP) is 7.62. The van der Waals surface area contributed by atoms with Gasteiger partial charge in [0.2, 0.25) is 0 Å². The summed E-state index contributed by atoms with van der Waals surface area (Å²) in [6.45, 7) is 4.16. The lowest BCUT2D eigenvalue weighted by Crippen LogP contribution is -2.31. The van der Waals surface area contributed by atoms with Crippen LogP contribution in [0.5, 0.6) is 0 Å². The number of ether oxygens (including phenoxy) is 1. The van der Waals surface area contributed by atoms with E-state index in [0.29, 0.717) is 22.5 Å². The fourth-order valence-corrected chi connectivity index (χ4v) is 5.99. The summed E-state index contributed by atoms with van der Waals surface area (Å²) < 4.78 is 44.4. The maximum atomic E-state index is 13.0. The molecule has 3 nitrogen and oxygen atoms in total. The zero-order valence-corrected chi connectivity index (χ0v) is 21.1. The Balaban J connectivity index is 1.41. The van der Waals surface area contributed by atoms with Gasteiger partial charge in [-0.2, -0.15) is 13.2 Å². The average Bonchev–Trinajstić information content (AvgIpc) is 3.68. The molecule has 38 heavy (non-hydrogen) atoms. The summed E-state index contributed by atoms with van der Waals surface area (Å²) in [4.78, 5) is 12.7. The van der Waals surface area contributed by atoms with Gasteiger partial charge in [-0.25, -0.2) is 4.79 Å². The van der Waals surface area contributed by atoms with Crippen LogP contribution in [0.3, 0.4) is 0 Å². The Morgan fingerprint density at radius 2 is 1.66 bits per heavy atom. The van der Waals surface area contributed by atoms with Crippen molar-refractivity contribution in [3.05, 3.63) is 95.6 Å². The summed E-state index contributed by atoms with van der Waals surface area (Å²) in [5.41, 5.74) is 4.82. The molecule has 1 aliphatic carbocycles. The number of carbonyl (C=O) groups excluding carboxylic acids is 1.